The number of thioether (sulfide) groups is 1. The molecule has 0 spiro atoms. The molecule has 0 fully saturated rings. The van der Waals surface area contributed by atoms with Crippen LogP contribution in [0, 0.1) is 5.82 Å². The lowest BCUT2D eigenvalue weighted by molar-refractivity contribution is 0.530. The molecule has 0 atom stereocenters. The number of rotatable bonds is 6. The van der Waals surface area contributed by atoms with Crippen molar-refractivity contribution >= 4 is 34.8 Å². The maximum Gasteiger partial charge on any atom is 0.170 e. The van der Waals surface area contributed by atoms with Gasteiger partial charge in [0.15, 0.2) is 5.11 Å². The summed E-state index contributed by atoms with van der Waals surface area (Å²) in [4.78, 5) is 0. The van der Waals surface area contributed by atoms with Gasteiger partial charge >= 0.3 is 0 Å². The summed E-state index contributed by atoms with van der Waals surface area (Å²) >= 11 is 6.89. The van der Waals surface area contributed by atoms with E-state index in [1.807, 2.05) is 12.1 Å². The van der Waals surface area contributed by atoms with E-state index in [1.165, 1.54) is 12.1 Å². The summed E-state index contributed by atoms with van der Waals surface area (Å²) in [5.74, 6) is 2.44. The summed E-state index contributed by atoms with van der Waals surface area (Å²) in [6, 6.07) is 10.0. The van der Waals surface area contributed by atoms with Gasteiger partial charge in [0.05, 0.1) is 12.0 Å². The topological polar surface area (TPSA) is 37.2 Å². The summed E-state index contributed by atoms with van der Waals surface area (Å²) in [6.45, 7) is 0.743. The maximum atomic E-state index is 13.0. The van der Waals surface area contributed by atoms with E-state index in [4.69, 9.17) is 16.6 Å². The van der Waals surface area contributed by atoms with Crippen LogP contribution >= 0.6 is 24.0 Å². The van der Waals surface area contributed by atoms with Gasteiger partial charge in [-0.2, -0.15) is 11.8 Å². The zero-order chi connectivity index (χ0) is 14.2. The fourth-order valence-corrected chi connectivity index (χ4v) is 2.52. The molecule has 0 unspecified atom stereocenters. The predicted molar refractivity (Wildman–Crippen MR) is 85.5 cm³/mol. The first-order valence-corrected chi connectivity index (χ1v) is 7.71. The second kappa shape index (κ2) is 7.91. The van der Waals surface area contributed by atoms with Crippen LogP contribution in [0.2, 0.25) is 0 Å². The van der Waals surface area contributed by atoms with Crippen LogP contribution in [0.4, 0.5) is 10.1 Å². The molecule has 6 heteroatoms. The molecule has 0 radical (unpaired) electrons. The van der Waals surface area contributed by atoms with Crippen molar-refractivity contribution in [2.45, 2.75) is 5.75 Å². The van der Waals surface area contributed by atoms with Crippen molar-refractivity contribution in [3.8, 4) is 0 Å². The third-order valence-electron chi connectivity index (χ3n) is 2.44. The Hall–Kier alpha value is -1.53. The molecule has 0 bridgehead atoms. The highest BCUT2D eigenvalue weighted by Crippen LogP contribution is 2.11. The Balaban J connectivity index is 1.60. The Labute approximate surface area is 126 Å². The standard InChI is InChI=1S/C14H15FN2OS2/c15-11-3-1-4-12(9-11)17-14(19)16-6-8-20-10-13-5-2-7-18-13/h1-5,7,9H,6,8,10H2,(H2,16,17,19). The molecule has 20 heavy (non-hydrogen) atoms. The first kappa shape index (κ1) is 14.9. The van der Waals surface area contributed by atoms with Crippen LogP contribution in [0.15, 0.2) is 47.1 Å². The van der Waals surface area contributed by atoms with Gasteiger partial charge in [-0.1, -0.05) is 6.07 Å². The third-order valence-corrected chi connectivity index (χ3v) is 3.67. The Morgan fingerprint density at radius 1 is 1.30 bits per heavy atom. The SMILES string of the molecule is Fc1cccc(NC(=S)NCCSCc2ccco2)c1. The van der Waals surface area contributed by atoms with E-state index in [0.29, 0.717) is 10.8 Å². The van der Waals surface area contributed by atoms with Gasteiger partial charge in [-0.05, 0) is 42.5 Å². The van der Waals surface area contributed by atoms with E-state index in [0.717, 1.165) is 23.8 Å². The molecule has 2 aromatic rings. The van der Waals surface area contributed by atoms with Crippen LogP contribution < -0.4 is 10.6 Å². The van der Waals surface area contributed by atoms with Crippen molar-refractivity contribution in [2.24, 2.45) is 0 Å². The van der Waals surface area contributed by atoms with Gasteiger partial charge in [0.1, 0.15) is 11.6 Å². The van der Waals surface area contributed by atoms with Crippen LogP contribution in [0.25, 0.3) is 0 Å². The van der Waals surface area contributed by atoms with Gasteiger partial charge in [-0.15, -0.1) is 0 Å². The first-order valence-electron chi connectivity index (χ1n) is 6.14. The monoisotopic (exact) mass is 310 g/mol. The van der Waals surface area contributed by atoms with Crippen molar-refractivity contribution in [2.75, 3.05) is 17.6 Å². The van der Waals surface area contributed by atoms with Gasteiger partial charge in [-0.3, -0.25) is 0 Å². The van der Waals surface area contributed by atoms with E-state index in [2.05, 4.69) is 10.6 Å². The fourth-order valence-electron chi connectivity index (χ4n) is 1.55. The number of anilines is 1. The second-order valence-electron chi connectivity index (χ2n) is 4.02. The van der Waals surface area contributed by atoms with Crippen molar-refractivity contribution in [3.05, 3.63) is 54.2 Å². The number of benzene rings is 1. The molecule has 0 aliphatic heterocycles. The molecular weight excluding hydrogens is 295 g/mol. The molecule has 0 saturated carbocycles. The second-order valence-corrected chi connectivity index (χ2v) is 5.54. The molecule has 1 aromatic heterocycles. The van der Waals surface area contributed by atoms with Crippen LogP contribution in [0.3, 0.4) is 0 Å². The summed E-state index contributed by atoms with van der Waals surface area (Å²) in [7, 11) is 0. The maximum absolute atomic E-state index is 13.0. The lowest BCUT2D eigenvalue weighted by Crippen LogP contribution is -2.30. The van der Waals surface area contributed by atoms with Crippen molar-refractivity contribution in [3.63, 3.8) is 0 Å². The van der Waals surface area contributed by atoms with Crippen LogP contribution in [0.1, 0.15) is 5.76 Å². The van der Waals surface area contributed by atoms with Gasteiger partial charge in [0, 0.05) is 18.0 Å². The Bertz CT molecular complexity index is 546. The normalized spacial score (nSPS) is 10.2. The minimum Gasteiger partial charge on any atom is -0.468 e. The molecule has 0 amide bonds. The van der Waals surface area contributed by atoms with Crippen LogP contribution in [0.5, 0.6) is 0 Å². The zero-order valence-corrected chi connectivity index (χ0v) is 12.4. The number of halogens is 1. The molecule has 0 saturated heterocycles. The number of thiocarbonyl (C=S) groups is 1. The van der Waals surface area contributed by atoms with Crippen molar-refractivity contribution < 1.29 is 8.81 Å². The number of hydrogen-bond donors (Lipinski definition) is 2. The molecule has 2 rings (SSSR count). The Morgan fingerprint density at radius 3 is 2.95 bits per heavy atom. The van der Waals surface area contributed by atoms with E-state index < -0.39 is 0 Å². The Morgan fingerprint density at radius 2 is 2.20 bits per heavy atom. The highest BCUT2D eigenvalue weighted by atomic mass is 32.2. The van der Waals surface area contributed by atoms with E-state index >= 15 is 0 Å². The molecular formula is C14H15FN2OS2. The number of hydrogen-bond acceptors (Lipinski definition) is 3. The number of furan rings is 1. The molecule has 0 aliphatic carbocycles. The minimum absolute atomic E-state index is 0.285. The summed E-state index contributed by atoms with van der Waals surface area (Å²) < 4.78 is 18.2. The van der Waals surface area contributed by atoms with Gasteiger partial charge in [-0.25, -0.2) is 4.39 Å². The molecule has 1 aromatic carbocycles. The van der Waals surface area contributed by atoms with Gasteiger partial charge < -0.3 is 15.1 Å². The summed E-state index contributed by atoms with van der Waals surface area (Å²) in [6.07, 6.45) is 1.67. The lowest BCUT2D eigenvalue weighted by atomic mass is 10.3. The number of nitrogens with one attached hydrogen (secondary N) is 2. The summed E-state index contributed by atoms with van der Waals surface area (Å²) in [5.41, 5.74) is 0.644. The minimum atomic E-state index is -0.285. The summed E-state index contributed by atoms with van der Waals surface area (Å²) in [5, 5.41) is 6.51. The largest absolute Gasteiger partial charge is 0.468 e. The molecule has 0 aliphatic rings. The molecule has 3 nitrogen and oxygen atoms in total. The average molecular weight is 310 g/mol. The van der Waals surface area contributed by atoms with Crippen LogP contribution in [-0.4, -0.2) is 17.4 Å². The van der Waals surface area contributed by atoms with Gasteiger partial charge in [0.2, 0.25) is 0 Å². The van der Waals surface area contributed by atoms with Crippen molar-refractivity contribution in [1.29, 1.82) is 0 Å². The quantitative estimate of drug-likeness (QED) is 0.629. The molecule has 106 valence electrons. The average Bonchev–Trinajstić information content (AvgIpc) is 2.91. The highest BCUT2D eigenvalue weighted by molar-refractivity contribution is 7.98. The fraction of sp³-hybridized carbons (Fsp3) is 0.214. The Kier molecular flexibility index (Phi) is 5.88. The van der Waals surface area contributed by atoms with E-state index in [1.54, 1.807) is 30.2 Å². The smallest absolute Gasteiger partial charge is 0.170 e. The predicted octanol–water partition coefficient (Wildman–Crippen LogP) is 3.64. The third kappa shape index (κ3) is 5.22. The molecule has 1 heterocycles. The zero-order valence-electron chi connectivity index (χ0n) is 10.8. The van der Waals surface area contributed by atoms with E-state index in [9.17, 15) is 4.39 Å². The van der Waals surface area contributed by atoms with Crippen LogP contribution in [-0.2, 0) is 5.75 Å². The first-order chi connectivity index (χ1) is 9.74. The van der Waals surface area contributed by atoms with E-state index in [-0.39, 0.29) is 5.82 Å². The van der Waals surface area contributed by atoms with Crippen molar-refractivity contribution in [1.82, 2.24) is 5.32 Å². The molecule has 2 N–H and O–H groups in total. The lowest BCUT2D eigenvalue weighted by Gasteiger charge is -2.10. The highest BCUT2D eigenvalue weighted by Gasteiger charge is 1.99. The van der Waals surface area contributed by atoms with Gasteiger partial charge in [0.25, 0.3) is 0 Å².